The van der Waals surface area contributed by atoms with Crippen LogP contribution >= 0.6 is 0 Å². The van der Waals surface area contributed by atoms with Gasteiger partial charge in [-0.2, -0.15) is 13.2 Å². The van der Waals surface area contributed by atoms with Crippen molar-refractivity contribution in [1.29, 1.82) is 0 Å². The number of hydrogen-bond acceptors (Lipinski definition) is 4. The summed E-state index contributed by atoms with van der Waals surface area (Å²) in [5.74, 6) is -0.512. The van der Waals surface area contributed by atoms with E-state index in [1.807, 2.05) is 6.92 Å². The molecule has 1 rings (SSSR count). The van der Waals surface area contributed by atoms with Gasteiger partial charge >= 0.3 is 12.1 Å². The molecule has 1 aromatic heterocycles. The minimum atomic E-state index is -4.13. The van der Waals surface area contributed by atoms with Gasteiger partial charge in [-0.05, 0) is 24.6 Å². The molecular weight excluding hydrogens is 285 g/mol. The van der Waals surface area contributed by atoms with Gasteiger partial charge in [-0.1, -0.05) is 13.0 Å². The van der Waals surface area contributed by atoms with Crippen molar-refractivity contribution < 1.29 is 22.7 Å². The highest BCUT2D eigenvalue weighted by Gasteiger charge is 2.27. The van der Waals surface area contributed by atoms with E-state index in [9.17, 15) is 18.0 Å². The topological polar surface area (TPSA) is 42.4 Å². The van der Waals surface area contributed by atoms with Crippen molar-refractivity contribution in [1.82, 2.24) is 9.88 Å². The first kappa shape index (κ1) is 17.4. The number of carbonyl (C=O) groups excluding carboxylic acids is 1. The molecule has 0 aliphatic heterocycles. The number of aromatic nitrogens is 1. The van der Waals surface area contributed by atoms with Crippen LogP contribution in [-0.4, -0.2) is 48.8 Å². The first-order valence-corrected chi connectivity index (χ1v) is 6.68. The summed E-state index contributed by atoms with van der Waals surface area (Å²) in [6.07, 6.45) is -2.80. The first-order valence-electron chi connectivity index (χ1n) is 6.68. The van der Waals surface area contributed by atoms with Crippen molar-refractivity contribution in [2.24, 2.45) is 0 Å². The highest BCUT2D eigenvalue weighted by molar-refractivity contribution is 5.86. The van der Waals surface area contributed by atoms with Crippen LogP contribution < -0.4 is 0 Å². The molecule has 0 saturated carbocycles. The van der Waals surface area contributed by atoms with Crippen LogP contribution in [0.3, 0.4) is 0 Å². The molecule has 0 aliphatic rings. The molecule has 7 heteroatoms. The van der Waals surface area contributed by atoms with Gasteiger partial charge in [0.2, 0.25) is 0 Å². The summed E-state index contributed by atoms with van der Waals surface area (Å²) in [6, 6.07) is 3.28. The Bertz CT molecular complexity index is 447. The first-order chi connectivity index (χ1) is 9.85. The van der Waals surface area contributed by atoms with Gasteiger partial charge in [-0.15, -0.1) is 0 Å². The Kier molecular flexibility index (Phi) is 6.61. The van der Waals surface area contributed by atoms with Gasteiger partial charge in [0, 0.05) is 19.3 Å². The maximum absolute atomic E-state index is 12.2. The van der Waals surface area contributed by atoms with E-state index in [0.717, 1.165) is 5.56 Å². The van der Waals surface area contributed by atoms with Gasteiger partial charge < -0.3 is 9.64 Å². The van der Waals surface area contributed by atoms with E-state index in [1.54, 1.807) is 23.2 Å². The molecule has 0 fully saturated rings. The van der Waals surface area contributed by atoms with E-state index in [2.05, 4.69) is 9.72 Å². The predicted octanol–water partition coefficient (Wildman–Crippen LogP) is 2.69. The summed E-state index contributed by atoms with van der Waals surface area (Å²) in [5, 5.41) is 0. The second kappa shape index (κ2) is 7.97. The van der Waals surface area contributed by atoms with E-state index in [-0.39, 0.29) is 12.2 Å². The Morgan fingerprint density at radius 2 is 2.05 bits per heavy atom. The van der Waals surface area contributed by atoms with Gasteiger partial charge in [0.05, 0.1) is 13.5 Å². The van der Waals surface area contributed by atoms with Crippen LogP contribution in [0.1, 0.15) is 29.4 Å². The maximum atomic E-state index is 12.2. The number of carbonyl (C=O) groups is 1. The van der Waals surface area contributed by atoms with E-state index >= 15 is 0 Å². The lowest BCUT2D eigenvalue weighted by Gasteiger charge is -2.21. The van der Waals surface area contributed by atoms with Gasteiger partial charge in [-0.25, -0.2) is 9.78 Å². The zero-order valence-electron chi connectivity index (χ0n) is 12.1. The third-order valence-electron chi connectivity index (χ3n) is 3.09. The summed E-state index contributed by atoms with van der Waals surface area (Å²) in [5.41, 5.74) is 1.08. The van der Waals surface area contributed by atoms with Crippen LogP contribution in [-0.2, 0) is 11.2 Å². The molecule has 0 saturated heterocycles. The summed E-state index contributed by atoms with van der Waals surface area (Å²) in [4.78, 5) is 16.9. The fraction of sp³-hybridized carbons (Fsp3) is 0.571. The van der Waals surface area contributed by atoms with E-state index in [0.29, 0.717) is 19.5 Å². The Morgan fingerprint density at radius 1 is 1.33 bits per heavy atom. The average Bonchev–Trinajstić information content (AvgIpc) is 2.46. The van der Waals surface area contributed by atoms with Crippen LogP contribution in [0.15, 0.2) is 18.3 Å². The number of pyridine rings is 1. The van der Waals surface area contributed by atoms with Crippen LogP contribution in [0.5, 0.6) is 0 Å². The molecule has 0 unspecified atom stereocenters. The quantitative estimate of drug-likeness (QED) is 0.726. The molecule has 118 valence electrons. The van der Waals surface area contributed by atoms with Gasteiger partial charge in [-0.3, -0.25) is 0 Å². The van der Waals surface area contributed by atoms with Crippen molar-refractivity contribution in [2.75, 3.05) is 26.7 Å². The second-order valence-electron chi connectivity index (χ2n) is 4.59. The zero-order chi connectivity index (χ0) is 15.9. The number of nitrogens with zero attached hydrogens (tertiary/aromatic N) is 2. The monoisotopic (exact) mass is 304 g/mol. The van der Waals surface area contributed by atoms with Crippen molar-refractivity contribution in [3.8, 4) is 0 Å². The standard InChI is InChI=1S/C14H19F3N2O2/c1-3-19(9-7-14(15,16)17)8-6-11-4-5-12(18-10-11)13(20)21-2/h4-5,10H,3,6-9H2,1-2H3. The molecule has 0 N–H and O–H groups in total. The van der Waals surface area contributed by atoms with Gasteiger partial charge in [0.15, 0.2) is 0 Å². The van der Waals surface area contributed by atoms with Crippen molar-refractivity contribution in [3.63, 3.8) is 0 Å². The van der Waals surface area contributed by atoms with Crippen molar-refractivity contribution in [2.45, 2.75) is 25.9 Å². The Morgan fingerprint density at radius 3 is 2.52 bits per heavy atom. The van der Waals surface area contributed by atoms with Gasteiger partial charge in [0.25, 0.3) is 0 Å². The van der Waals surface area contributed by atoms with Crippen molar-refractivity contribution in [3.05, 3.63) is 29.6 Å². The van der Waals surface area contributed by atoms with Crippen LogP contribution in [0.25, 0.3) is 0 Å². The minimum Gasteiger partial charge on any atom is -0.464 e. The normalized spacial score (nSPS) is 11.7. The maximum Gasteiger partial charge on any atom is 0.390 e. The molecule has 4 nitrogen and oxygen atoms in total. The number of methoxy groups -OCH3 is 1. The lowest BCUT2D eigenvalue weighted by Crippen LogP contribution is -2.30. The average molecular weight is 304 g/mol. The van der Waals surface area contributed by atoms with E-state index in [1.165, 1.54) is 7.11 Å². The number of hydrogen-bond donors (Lipinski definition) is 0. The lowest BCUT2D eigenvalue weighted by molar-refractivity contribution is -0.137. The number of esters is 1. The summed E-state index contributed by atoms with van der Waals surface area (Å²) >= 11 is 0. The largest absolute Gasteiger partial charge is 0.464 e. The molecule has 0 aliphatic carbocycles. The third-order valence-corrected chi connectivity index (χ3v) is 3.09. The lowest BCUT2D eigenvalue weighted by atomic mass is 10.2. The molecule has 0 bridgehead atoms. The van der Waals surface area contributed by atoms with Crippen LogP contribution in [0.2, 0.25) is 0 Å². The van der Waals surface area contributed by atoms with E-state index in [4.69, 9.17) is 0 Å². The number of ether oxygens (including phenoxy) is 1. The molecule has 0 atom stereocenters. The van der Waals surface area contributed by atoms with Crippen LogP contribution in [0, 0.1) is 0 Å². The molecule has 0 spiro atoms. The van der Waals surface area contributed by atoms with Crippen molar-refractivity contribution >= 4 is 5.97 Å². The van der Waals surface area contributed by atoms with E-state index < -0.39 is 18.6 Å². The SMILES string of the molecule is CCN(CCc1ccc(C(=O)OC)nc1)CCC(F)(F)F. The fourth-order valence-electron chi connectivity index (χ4n) is 1.80. The summed E-state index contributed by atoms with van der Waals surface area (Å²) < 4.78 is 41.1. The fourth-order valence-corrected chi connectivity index (χ4v) is 1.80. The second-order valence-corrected chi connectivity index (χ2v) is 4.59. The Balaban J connectivity index is 2.47. The molecule has 0 aromatic carbocycles. The molecule has 1 heterocycles. The highest BCUT2D eigenvalue weighted by atomic mass is 19.4. The molecule has 21 heavy (non-hydrogen) atoms. The molecular formula is C14H19F3N2O2. The number of likely N-dealkylation sites (N-methyl/N-ethyl adjacent to an activating group) is 1. The Labute approximate surface area is 121 Å². The smallest absolute Gasteiger partial charge is 0.390 e. The summed E-state index contributed by atoms with van der Waals surface area (Å²) in [6.45, 7) is 2.90. The number of rotatable bonds is 7. The third kappa shape index (κ3) is 6.57. The molecule has 0 amide bonds. The predicted molar refractivity (Wildman–Crippen MR) is 72.1 cm³/mol. The number of alkyl halides is 3. The minimum absolute atomic E-state index is 0.00628. The number of halogens is 3. The van der Waals surface area contributed by atoms with Crippen LogP contribution in [0.4, 0.5) is 13.2 Å². The zero-order valence-corrected chi connectivity index (χ0v) is 12.1. The Hall–Kier alpha value is -1.63. The highest BCUT2D eigenvalue weighted by Crippen LogP contribution is 2.19. The van der Waals surface area contributed by atoms with Gasteiger partial charge in [0.1, 0.15) is 5.69 Å². The molecule has 1 aromatic rings. The molecule has 0 radical (unpaired) electrons. The summed E-state index contributed by atoms with van der Waals surface area (Å²) in [7, 11) is 1.28.